The molecule has 0 aromatic rings. The van der Waals surface area contributed by atoms with Crippen LogP contribution in [-0.2, 0) is 0 Å². The van der Waals surface area contributed by atoms with Crippen LogP contribution in [0.2, 0.25) is 0 Å². The zero-order valence-corrected chi connectivity index (χ0v) is 10.6. The van der Waals surface area contributed by atoms with Gasteiger partial charge in [0.2, 0.25) is 0 Å². The zero-order valence-electron chi connectivity index (χ0n) is 10.6. The summed E-state index contributed by atoms with van der Waals surface area (Å²) in [5.41, 5.74) is 0.382. The Morgan fingerprint density at radius 3 is 2.25 bits per heavy atom. The van der Waals surface area contributed by atoms with Gasteiger partial charge in [-0.15, -0.1) is 0 Å². The minimum atomic E-state index is 0.184. The summed E-state index contributed by atoms with van der Waals surface area (Å²) in [6, 6.07) is 0.467. The Morgan fingerprint density at radius 1 is 1.31 bits per heavy atom. The minimum Gasteiger partial charge on any atom is -0.325 e. The molecule has 0 bridgehead atoms. The maximum Gasteiger partial charge on any atom is 0.319 e. The molecule has 4 nitrogen and oxygen atoms in total. The van der Waals surface area contributed by atoms with Crippen molar-refractivity contribution in [3.63, 3.8) is 0 Å². The van der Waals surface area contributed by atoms with E-state index >= 15 is 0 Å². The summed E-state index contributed by atoms with van der Waals surface area (Å²) in [5, 5.41) is 3.52. The van der Waals surface area contributed by atoms with Gasteiger partial charge in [-0.05, 0) is 39.7 Å². The maximum absolute atomic E-state index is 12.1. The smallest absolute Gasteiger partial charge is 0.319 e. The van der Waals surface area contributed by atoms with Crippen LogP contribution >= 0.6 is 0 Å². The molecule has 2 heterocycles. The van der Waals surface area contributed by atoms with Gasteiger partial charge in [-0.2, -0.15) is 0 Å². The fourth-order valence-corrected chi connectivity index (χ4v) is 2.48. The van der Waals surface area contributed by atoms with Crippen molar-refractivity contribution < 1.29 is 4.79 Å². The molecule has 0 aromatic carbocycles. The lowest BCUT2D eigenvalue weighted by molar-refractivity contribution is 0.0828. The third-order valence-corrected chi connectivity index (χ3v) is 4.17. The fourth-order valence-electron chi connectivity index (χ4n) is 2.48. The molecule has 2 fully saturated rings. The van der Waals surface area contributed by atoms with Crippen molar-refractivity contribution in [3.8, 4) is 0 Å². The summed E-state index contributed by atoms with van der Waals surface area (Å²) in [7, 11) is 1.89. The summed E-state index contributed by atoms with van der Waals surface area (Å²) in [4.78, 5) is 15.9. The fraction of sp³-hybridized carbons (Fsp3) is 0.917. The number of nitrogens with one attached hydrogen (secondary N) is 1. The largest absolute Gasteiger partial charge is 0.325 e. The van der Waals surface area contributed by atoms with Crippen LogP contribution in [-0.4, -0.2) is 54.1 Å². The Morgan fingerprint density at radius 2 is 1.88 bits per heavy atom. The molecule has 0 aliphatic carbocycles. The molecular weight excluding hydrogens is 202 g/mol. The lowest BCUT2D eigenvalue weighted by Gasteiger charge is -2.49. The van der Waals surface area contributed by atoms with E-state index in [4.69, 9.17) is 0 Å². The van der Waals surface area contributed by atoms with E-state index in [9.17, 15) is 4.79 Å². The first kappa shape index (κ1) is 11.7. The number of amides is 2. The Bertz CT molecular complexity index is 263. The van der Waals surface area contributed by atoms with Gasteiger partial charge in [0.05, 0.1) is 0 Å². The topological polar surface area (TPSA) is 35.6 Å². The van der Waals surface area contributed by atoms with E-state index in [1.54, 1.807) is 0 Å². The van der Waals surface area contributed by atoms with Crippen LogP contribution in [0.4, 0.5) is 4.79 Å². The van der Waals surface area contributed by atoms with E-state index in [1.165, 1.54) is 6.42 Å². The van der Waals surface area contributed by atoms with Gasteiger partial charge in [0.25, 0.3) is 0 Å². The third-order valence-electron chi connectivity index (χ3n) is 4.17. The predicted molar refractivity (Wildman–Crippen MR) is 64.5 cm³/mol. The van der Waals surface area contributed by atoms with Crippen molar-refractivity contribution in [3.05, 3.63) is 0 Å². The highest BCUT2D eigenvalue weighted by atomic mass is 16.2. The van der Waals surface area contributed by atoms with E-state index in [2.05, 4.69) is 19.2 Å². The van der Waals surface area contributed by atoms with Gasteiger partial charge in [0, 0.05) is 31.7 Å². The Hall–Kier alpha value is -0.770. The second-order valence-corrected chi connectivity index (χ2v) is 5.43. The van der Waals surface area contributed by atoms with Crippen molar-refractivity contribution in [1.29, 1.82) is 0 Å². The van der Waals surface area contributed by atoms with Crippen molar-refractivity contribution >= 4 is 6.03 Å². The molecule has 2 rings (SSSR count). The highest BCUT2D eigenvalue weighted by molar-refractivity contribution is 5.74. The molecule has 4 heteroatoms. The molecule has 2 saturated heterocycles. The molecule has 0 aromatic heterocycles. The molecule has 0 unspecified atom stereocenters. The number of rotatable bonds is 1. The maximum atomic E-state index is 12.1. The normalized spacial score (nSPS) is 23.4. The minimum absolute atomic E-state index is 0.184. The van der Waals surface area contributed by atoms with Crippen LogP contribution < -0.4 is 5.32 Å². The number of hydrogen-bond acceptors (Lipinski definition) is 2. The third kappa shape index (κ3) is 2.03. The number of carbonyl (C=O) groups excluding carboxylic acids is 1. The first-order valence-electron chi connectivity index (χ1n) is 6.31. The Balaban J connectivity index is 1.86. The molecule has 2 aliphatic rings. The number of urea groups is 1. The Labute approximate surface area is 98.0 Å². The molecule has 2 aliphatic heterocycles. The van der Waals surface area contributed by atoms with Crippen LogP contribution in [0.5, 0.6) is 0 Å². The number of piperidine rings is 1. The van der Waals surface area contributed by atoms with Crippen LogP contribution in [0.25, 0.3) is 0 Å². The van der Waals surface area contributed by atoms with E-state index in [-0.39, 0.29) is 12.1 Å². The Kier molecular flexibility index (Phi) is 3.10. The van der Waals surface area contributed by atoms with Crippen molar-refractivity contribution in [2.75, 3.05) is 26.7 Å². The molecule has 92 valence electrons. The summed E-state index contributed by atoms with van der Waals surface area (Å²) in [5.74, 6) is 0. The zero-order chi connectivity index (χ0) is 11.8. The van der Waals surface area contributed by atoms with Crippen LogP contribution in [0.1, 0.15) is 33.1 Å². The average Bonchev–Trinajstić information content (AvgIpc) is 2.25. The molecule has 0 radical (unpaired) electrons. The van der Waals surface area contributed by atoms with Gasteiger partial charge in [-0.25, -0.2) is 4.79 Å². The van der Waals surface area contributed by atoms with Gasteiger partial charge in [-0.1, -0.05) is 0 Å². The lowest BCUT2D eigenvalue weighted by Crippen LogP contribution is -2.63. The van der Waals surface area contributed by atoms with Crippen molar-refractivity contribution in [2.45, 2.75) is 44.7 Å². The van der Waals surface area contributed by atoms with Gasteiger partial charge >= 0.3 is 6.03 Å². The summed E-state index contributed by atoms with van der Waals surface area (Å²) in [6.07, 6.45) is 3.52. The molecular formula is C12H23N3O. The standard InChI is InChI=1S/C12H23N3O/c1-10(2)14(3)11(16)15-8-5-12(6-9-15)4-7-13-12/h10,13H,4-9H2,1-3H3. The summed E-state index contributed by atoms with van der Waals surface area (Å²) in [6.45, 7) is 7.07. The lowest BCUT2D eigenvalue weighted by atomic mass is 9.79. The highest BCUT2D eigenvalue weighted by Crippen LogP contribution is 2.31. The number of nitrogens with zero attached hydrogens (tertiary/aromatic N) is 2. The average molecular weight is 225 g/mol. The number of carbonyl (C=O) groups is 1. The van der Waals surface area contributed by atoms with E-state index in [0.29, 0.717) is 5.54 Å². The monoisotopic (exact) mass is 225 g/mol. The number of likely N-dealkylation sites (tertiary alicyclic amines) is 1. The van der Waals surface area contributed by atoms with Gasteiger partial charge in [0.15, 0.2) is 0 Å². The molecule has 2 amide bonds. The first-order valence-corrected chi connectivity index (χ1v) is 6.31. The van der Waals surface area contributed by atoms with Crippen LogP contribution in [0.3, 0.4) is 0 Å². The second kappa shape index (κ2) is 4.24. The summed E-state index contributed by atoms with van der Waals surface area (Å²) < 4.78 is 0. The highest BCUT2D eigenvalue weighted by Gasteiger charge is 2.40. The van der Waals surface area contributed by atoms with E-state index in [1.807, 2.05) is 16.8 Å². The molecule has 16 heavy (non-hydrogen) atoms. The SMILES string of the molecule is CC(C)N(C)C(=O)N1CCC2(CCN2)CC1. The van der Waals surface area contributed by atoms with E-state index in [0.717, 1.165) is 32.5 Å². The predicted octanol–water partition coefficient (Wildman–Crippen LogP) is 1.27. The quantitative estimate of drug-likeness (QED) is 0.729. The van der Waals surface area contributed by atoms with Crippen molar-refractivity contribution in [1.82, 2.24) is 15.1 Å². The van der Waals surface area contributed by atoms with Gasteiger partial charge in [-0.3, -0.25) is 0 Å². The summed E-state index contributed by atoms with van der Waals surface area (Å²) >= 11 is 0. The first-order chi connectivity index (χ1) is 7.54. The molecule has 0 saturated carbocycles. The molecule has 1 N–H and O–H groups in total. The second-order valence-electron chi connectivity index (χ2n) is 5.43. The molecule has 0 atom stereocenters. The van der Waals surface area contributed by atoms with Gasteiger partial charge < -0.3 is 15.1 Å². The van der Waals surface area contributed by atoms with Crippen molar-refractivity contribution in [2.24, 2.45) is 0 Å². The van der Waals surface area contributed by atoms with E-state index < -0.39 is 0 Å². The van der Waals surface area contributed by atoms with Crippen LogP contribution in [0.15, 0.2) is 0 Å². The number of hydrogen-bond donors (Lipinski definition) is 1. The molecule has 1 spiro atoms. The van der Waals surface area contributed by atoms with Crippen LogP contribution in [0, 0.1) is 0 Å². The van der Waals surface area contributed by atoms with Gasteiger partial charge in [0.1, 0.15) is 0 Å².